The van der Waals surface area contributed by atoms with Crippen molar-refractivity contribution in [2.75, 3.05) is 5.73 Å². The summed E-state index contributed by atoms with van der Waals surface area (Å²) in [5.41, 5.74) is 8.19. The minimum atomic E-state index is 0.548. The van der Waals surface area contributed by atoms with Crippen molar-refractivity contribution in [3.8, 4) is 0 Å². The number of thiophene rings is 1. The maximum absolute atomic E-state index is 5.95. The van der Waals surface area contributed by atoms with Gasteiger partial charge in [-0.15, -0.1) is 11.3 Å². The molecule has 2 rings (SSSR count). The quantitative estimate of drug-likeness (QED) is 0.685. The van der Waals surface area contributed by atoms with Gasteiger partial charge in [0.2, 0.25) is 0 Å². The number of hydrogen-bond acceptors (Lipinski definition) is 2. The molecular formula is C11H13NS. The van der Waals surface area contributed by atoms with Gasteiger partial charge < -0.3 is 5.73 Å². The Morgan fingerprint density at radius 2 is 2.08 bits per heavy atom. The average Bonchev–Trinajstić information content (AvgIpc) is 2.51. The van der Waals surface area contributed by atoms with E-state index in [1.807, 2.05) is 0 Å². The molecule has 0 aliphatic carbocycles. The Hall–Kier alpha value is -1.02. The third-order valence-electron chi connectivity index (χ3n) is 2.27. The van der Waals surface area contributed by atoms with E-state index in [0.717, 1.165) is 5.69 Å². The molecule has 0 fully saturated rings. The van der Waals surface area contributed by atoms with Crippen molar-refractivity contribution in [1.29, 1.82) is 0 Å². The van der Waals surface area contributed by atoms with E-state index in [1.54, 1.807) is 11.3 Å². The van der Waals surface area contributed by atoms with Gasteiger partial charge in [0.1, 0.15) is 0 Å². The largest absolute Gasteiger partial charge is 0.398 e. The van der Waals surface area contributed by atoms with E-state index < -0.39 is 0 Å². The van der Waals surface area contributed by atoms with Crippen LogP contribution in [0.15, 0.2) is 23.6 Å². The molecule has 1 aromatic carbocycles. The molecule has 0 unspecified atom stereocenters. The second-order valence-electron chi connectivity index (χ2n) is 3.60. The van der Waals surface area contributed by atoms with Crippen LogP contribution in [0.1, 0.15) is 25.3 Å². The molecule has 0 bridgehead atoms. The van der Waals surface area contributed by atoms with Crippen LogP contribution >= 0.6 is 11.3 Å². The zero-order valence-corrected chi connectivity index (χ0v) is 8.69. The van der Waals surface area contributed by atoms with Gasteiger partial charge in [0.05, 0.1) is 4.70 Å². The fourth-order valence-electron chi connectivity index (χ4n) is 1.47. The van der Waals surface area contributed by atoms with Gasteiger partial charge in [0, 0.05) is 5.69 Å². The summed E-state index contributed by atoms with van der Waals surface area (Å²) in [4.78, 5) is 0. The van der Waals surface area contributed by atoms with Gasteiger partial charge >= 0.3 is 0 Å². The number of fused-ring (bicyclic) bond motifs is 1. The predicted molar refractivity (Wildman–Crippen MR) is 60.3 cm³/mol. The first kappa shape index (κ1) is 8.57. The molecule has 68 valence electrons. The third-order valence-corrected chi connectivity index (χ3v) is 3.25. The van der Waals surface area contributed by atoms with E-state index >= 15 is 0 Å². The molecule has 0 saturated carbocycles. The lowest BCUT2D eigenvalue weighted by Gasteiger charge is -2.06. The van der Waals surface area contributed by atoms with Crippen LogP contribution in [-0.2, 0) is 0 Å². The molecule has 0 atom stereocenters. The van der Waals surface area contributed by atoms with Crippen molar-refractivity contribution in [3.05, 3.63) is 29.1 Å². The SMILES string of the molecule is CC(C)c1cc(N)c2sccc2c1. The molecule has 0 spiro atoms. The maximum atomic E-state index is 5.95. The minimum absolute atomic E-state index is 0.548. The number of hydrogen-bond donors (Lipinski definition) is 1. The molecule has 1 aromatic heterocycles. The van der Waals surface area contributed by atoms with Crippen molar-refractivity contribution in [3.63, 3.8) is 0 Å². The summed E-state index contributed by atoms with van der Waals surface area (Å²) in [6.07, 6.45) is 0. The second-order valence-corrected chi connectivity index (χ2v) is 4.52. The first-order valence-electron chi connectivity index (χ1n) is 4.45. The molecule has 1 nitrogen and oxygen atoms in total. The molecule has 2 heteroatoms. The van der Waals surface area contributed by atoms with Gasteiger partial charge in [0.15, 0.2) is 0 Å². The fraction of sp³-hybridized carbons (Fsp3) is 0.273. The van der Waals surface area contributed by atoms with E-state index in [0.29, 0.717) is 5.92 Å². The van der Waals surface area contributed by atoms with Crippen LogP contribution in [0.25, 0.3) is 10.1 Å². The van der Waals surface area contributed by atoms with E-state index in [1.165, 1.54) is 15.6 Å². The van der Waals surface area contributed by atoms with Gasteiger partial charge in [-0.3, -0.25) is 0 Å². The number of anilines is 1. The van der Waals surface area contributed by atoms with Crippen molar-refractivity contribution in [1.82, 2.24) is 0 Å². The standard InChI is InChI=1S/C11H13NS/c1-7(2)9-5-8-3-4-13-11(8)10(12)6-9/h3-7H,12H2,1-2H3. The van der Waals surface area contributed by atoms with Crippen molar-refractivity contribution >= 4 is 27.1 Å². The van der Waals surface area contributed by atoms with Gasteiger partial charge in [-0.25, -0.2) is 0 Å². The van der Waals surface area contributed by atoms with Crippen LogP contribution in [0.4, 0.5) is 5.69 Å². The van der Waals surface area contributed by atoms with Gasteiger partial charge in [-0.1, -0.05) is 13.8 Å². The summed E-state index contributed by atoms with van der Waals surface area (Å²) in [7, 11) is 0. The molecule has 0 aliphatic heterocycles. The van der Waals surface area contributed by atoms with Crippen molar-refractivity contribution in [2.24, 2.45) is 0 Å². The molecule has 0 amide bonds. The third kappa shape index (κ3) is 1.42. The molecular weight excluding hydrogens is 178 g/mol. The zero-order valence-electron chi connectivity index (χ0n) is 7.87. The smallest absolute Gasteiger partial charge is 0.0572 e. The van der Waals surface area contributed by atoms with Crippen LogP contribution in [0, 0.1) is 0 Å². The van der Waals surface area contributed by atoms with Crippen LogP contribution in [0.3, 0.4) is 0 Å². The summed E-state index contributed by atoms with van der Waals surface area (Å²) in [5.74, 6) is 0.548. The number of nitrogens with two attached hydrogens (primary N) is 1. The highest BCUT2D eigenvalue weighted by Crippen LogP contribution is 2.30. The second kappa shape index (κ2) is 3.04. The van der Waals surface area contributed by atoms with Crippen LogP contribution < -0.4 is 5.73 Å². The Labute approximate surface area is 82.2 Å². The lowest BCUT2D eigenvalue weighted by molar-refractivity contribution is 0.869. The molecule has 0 saturated heterocycles. The highest BCUT2D eigenvalue weighted by Gasteiger charge is 2.04. The molecule has 1 heterocycles. The van der Waals surface area contributed by atoms with E-state index in [4.69, 9.17) is 5.73 Å². The summed E-state index contributed by atoms with van der Waals surface area (Å²) in [5, 5.41) is 3.36. The van der Waals surface area contributed by atoms with E-state index in [-0.39, 0.29) is 0 Å². The van der Waals surface area contributed by atoms with E-state index in [9.17, 15) is 0 Å². The lowest BCUT2D eigenvalue weighted by Crippen LogP contribution is -1.91. The molecule has 0 radical (unpaired) electrons. The number of nitrogen functional groups attached to an aromatic ring is 1. The van der Waals surface area contributed by atoms with Crippen LogP contribution in [0.2, 0.25) is 0 Å². The van der Waals surface area contributed by atoms with E-state index in [2.05, 4.69) is 37.4 Å². The normalized spacial score (nSPS) is 11.3. The molecule has 2 N–H and O–H groups in total. The fourth-order valence-corrected chi connectivity index (χ4v) is 2.28. The Bertz CT molecular complexity index is 429. The minimum Gasteiger partial charge on any atom is -0.398 e. The van der Waals surface area contributed by atoms with Crippen LogP contribution in [-0.4, -0.2) is 0 Å². The maximum Gasteiger partial charge on any atom is 0.0572 e. The van der Waals surface area contributed by atoms with Crippen molar-refractivity contribution < 1.29 is 0 Å². The summed E-state index contributed by atoms with van der Waals surface area (Å²) >= 11 is 1.71. The monoisotopic (exact) mass is 191 g/mol. The lowest BCUT2D eigenvalue weighted by atomic mass is 10.0. The Morgan fingerprint density at radius 1 is 1.31 bits per heavy atom. The number of rotatable bonds is 1. The first-order chi connectivity index (χ1) is 6.18. The Morgan fingerprint density at radius 3 is 2.77 bits per heavy atom. The summed E-state index contributed by atoms with van der Waals surface area (Å²) < 4.78 is 1.21. The molecule has 0 aliphatic rings. The zero-order chi connectivity index (χ0) is 9.42. The summed E-state index contributed by atoms with van der Waals surface area (Å²) in [6, 6.07) is 6.44. The predicted octanol–water partition coefficient (Wildman–Crippen LogP) is 3.61. The van der Waals surface area contributed by atoms with Crippen LogP contribution in [0.5, 0.6) is 0 Å². The highest BCUT2D eigenvalue weighted by molar-refractivity contribution is 7.17. The molecule has 2 aromatic rings. The van der Waals surface area contributed by atoms with Crippen molar-refractivity contribution in [2.45, 2.75) is 19.8 Å². The van der Waals surface area contributed by atoms with Gasteiger partial charge in [0.25, 0.3) is 0 Å². The highest BCUT2D eigenvalue weighted by atomic mass is 32.1. The van der Waals surface area contributed by atoms with Gasteiger partial charge in [-0.2, -0.15) is 0 Å². The first-order valence-corrected chi connectivity index (χ1v) is 5.33. The summed E-state index contributed by atoms with van der Waals surface area (Å²) in [6.45, 7) is 4.37. The topological polar surface area (TPSA) is 26.0 Å². The number of benzene rings is 1. The molecule has 13 heavy (non-hydrogen) atoms. The van der Waals surface area contributed by atoms with Gasteiger partial charge in [-0.05, 0) is 40.4 Å². The Kier molecular flexibility index (Phi) is 2.00. The Balaban J connectivity index is 2.70. The average molecular weight is 191 g/mol.